The molecule has 2 heterocycles. The Bertz CT molecular complexity index is 702. The fourth-order valence-corrected chi connectivity index (χ4v) is 4.20. The molecule has 0 bridgehead atoms. The molecule has 0 fully saturated rings. The third kappa shape index (κ3) is 3.38. The number of thiophene rings is 1. The second kappa shape index (κ2) is 5.37. The van der Waals surface area contributed by atoms with Crippen LogP contribution in [0.1, 0.15) is 20.4 Å². The number of aryl methyl sites for hydroxylation is 1. The Balaban J connectivity index is 2.11. The van der Waals surface area contributed by atoms with Gasteiger partial charge in [-0.15, -0.1) is 22.7 Å². The van der Waals surface area contributed by atoms with E-state index < -0.39 is 16.0 Å². The number of carboxylic acids is 1. The predicted molar refractivity (Wildman–Crippen MR) is 72.2 cm³/mol. The van der Waals surface area contributed by atoms with Crippen LogP contribution in [0.2, 0.25) is 0 Å². The lowest BCUT2D eigenvalue weighted by atomic mass is 10.5. The van der Waals surface area contributed by atoms with Gasteiger partial charge in [-0.2, -0.15) is 0 Å². The van der Waals surface area contributed by atoms with Gasteiger partial charge in [0, 0.05) is 16.5 Å². The molecular formula is C10H10N2O4S3. The van der Waals surface area contributed by atoms with E-state index in [0.29, 0.717) is 5.01 Å². The van der Waals surface area contributed by atoms with Crippen LogP contribution in [-0.4, -0.2) is 24.5 Å². The molecule has 0 saturated carbocycles. The van der Waals surface area contributed by atoms with E-state index in [9.17, 15) is 13.2 Å². The minimum Gasteiger partial charge on any atom is -0.477 e. The van der Waals surface area contributed by atoms with Gasteiger partial charge < -0.3 is 5.11 Å². The maximum Gasteiger partial charge on any atom is 0.345 e. The molecule has 0 unspecified atom stereocenters. The van der Waals surface area contributed by atoms with Crippen molar-refractivity contribution in [3.8, 4) is 0 Å². The molecule has 102 valence electrons. The first-order valence-electron chi connectivity index (χ1n) is 5.11. The van der Waals surface area contributed by atoms with Crippen molar-refractivity contribution in [3.05, 3.63) is 32.4 Å². The molecule has 2 aromatic rings. The van der Waals surface area contributed by atoms with Crippen LogP contribution < -0.4 is 4.72 Å². The van der Waals surface area contributed by atoms with Gasteiger partial charge in [0.15, 0.2) is 0 Å². The summed E-state index contributed by atoms with van der Waals surface area (Å²) < 4.78 is 26.2. The maximum atomic E-state index is 11.9. The van der Waals surface area contributed by atoms with Gasteiger partial charge in [-0.1, -0.05) is 0 Å². The van der Waals surface area contributed by atoms with E-state index >= 15 is 0 Å². The van der Waals surface area contributed by atoms with Gasteiger partial charge in [0.1, 0.15) is 9.88 Å². The van der Waals surface area contributed by atoms with E-state index in [1.165, 1.54) is 16.7 Å². The highest BCUT2D eigenvalue weighted by Gasteiger charge is 2.18. The van der Waals surface area contributed by atoms with E-state index in [2.05, 4.69) is 9.71 Å². The normalized spacial score (nSPS) is 11.6. The average Bonchev–Trinajstić information content (AvgIpc) is 2.95. The molecular weight excluding hydrogens is 308 g/mol. The number of aromatic nitrogens is 1. The monoisotopic (exact) mass is 318 g/mol. The number of carbonyl (C=O) groups is 1. The van der Waals surface area contributed by atoms with Gasteiger partial charge in [-0.25, -0.2) is 22.9 Å². The van der Waals surface area contributed by atoms with Crippen molar-refractivity contribution in [2.75, 3.05) is 0 Å². The molecule has 2 aromatic heterocycles. The molecule has 0 aromatic carbocycles. The van der Waals surface area contributed by atoms with Gasteiger partial charge in [0.25, 0.3) is 0 Å². The van der Waals surface area contributed by atoms with E-state index in [1.807, 2.05) is 12.3 Å². The summed E-state index contributed by atoms with van der Waals surface area (Å²) >= 11 is 2.24. The molecule has 0 aliphatic carbocycles. The molecule has 0 spiro atoms. The third-order valence-electron chi connectivity index (χ3n) is 2.18. The van der Waals surface area contributed by atoms with E-state index in [0.717, 1.165) is 23.1 Å². The fourth-order valence-electron chi connectivity index (χ4n) is 1.30. The third-order valence-corrected chi connectivity index (χ3v) is 5.59. The molecule has 2 rings (SSSR count). The molecule has 2 N–H and O–H groups in total. The van der Waals surface area contributed by atoms with Gasteiger partial charge in [-0.05, 0) is 13.0 Å². The standard InChI is InChI=1S/C10H10N2O4S3/c1-6-4-18-9(12-6)3-11-19(15,16)7-2-8(10(13)14)17-5-7/h2,4-5,11H,3H2,1H3,(H,13,14). The first-order valence-corrected chi connectivity index (χ1v) is 8.35. The number of thiazole rings is 1. The smallest absolute Gasteiger partial charge is 0.345 e. The molecule has 0 radical (unpaired) electrons. The summed E-state index contributed by atoms with van der Waals surface area (Å²) in [7, 11) is -3.70. The van der Waals surface area contributed by atoms with Crippen molar-refractivity contribution in [3.63, 3.8) is 0 Å². The highest BCUT2D eigenvalue weighted by Crippen LogP contribution is 2.19. The topological polar surface area (TPSA) is 96.4 Å². The number of nitrogens with one attached hydrogen (secondary N) is 1. The van der Waals surface area contributed by atoms with Crippen molar-refractivity contribution in [2.24, 2.45) is 0 Å². The lowest BCUT2D eigenvalue weighted by Crippen LogP contribution is -2.22. The number of nitrogens with zero attached hydrogens (tertiary/aromatic N) is 1. The zero-order valence-electron chi connectivity index (χ0n) is 9.78. The van der Waals surface area contributed by atoms with Crippen LogP contribution >= 0.6 is 22.7 Å². The minimum absolute atomic E-state index is 0.00883. The van der Waals surface area contributed by atoms with Crippen LogP contribution in [0.4, 0.5) is 0 Å². The lowest BCUT2D eigenvalue weighted by molar-refractivity contribution is 0.0702. The van der Waals surface area contributed by atoms with Crippen LogP contribution in [0, 0.1) is 6.92 Å². The number of hydrogen-bond donors (Lipinski definition) is 2. The summed E-state index contributed by atoms with van der Waals surface area (Å²) in [6, 6.07) is 1.14. The van der Waals surface area contributed by atoms with Crippen molar-refractivity contribution in [2.45, 2.75) is 18.4 Å². The van der Waals surface area contributed by atoms with E-state index in [1.54, 1.807) is 0 Å². The number of rotatable bonds is 5. The second-order valence-corrected chi connectivity index (χ2v) is 7.28. The number of aromatic carboxylic acids is 1. The summed E-state index contributed by atoms with van der Waals surface area (Å²) in [4.78, 5) is 14.8. The van der Waals surface area contributed by atoms with Crippen LogP contribution in [0.15, 0.2) is 21.7 Å². The van der Waals surface area contributed by atoms with Crippen LogP contribution in [-0.2, 0) is 16.6 Å². The largest absolute Gasteiger partial charge is 0.477 e. The van der Waals surface area contributed by atoms with Crippen LogP contribution in [0.5, 0.6) is 0 Å². The number of sulfonamides is 1. The van der Waals surface area contributed by atoms with E-state index in [4.69, 9.17) is 5.11 Å². The number of carboxylic acid groups (broad SMARTS) is 1. The molecule has 0 atom stereocenters. The highest BCUT2D eigenvalue weighted by atomic mass is 32.2. The maximum absolute atomic E-state index is 11.9. The quantitative estimate of drug-likeness (QED) is 0.874. The van der Waals surface area contributed by atoms with Gasteiger partial charge in [-0.3, -0.25) is 0 Å². The Labute approximate surface area is 117 Å². The SMILES string of the molecule is Cc1csc(CNS(=O)(=O)c2csc(C(=O)O)c2)n1. The van der Waals surface area contributed by atoms with Crippen molar-refractivity contribution < 1.29 is 18.3 Å². The summed E-state index contributed by atoms with van der Waals surface area (Å²) in [6.07, 6.45) is 0. The van der Waals surface area contributed by atoms with Crippen molar-refractivity contribution in [1.82, 2.24) is 9.71 Å². The van der Waals surface area contributed by atoms with Crippen molar-refractivity contribution >= 4 is 38.7 Å². The summed E-state index contributed by atoms with van der Waals surface area (Å²) in [5, 5.41) is 12.6. The summed E-state index contributed by atoms with van der Waals surface area (Å²) in [6.45, 7) is 1.92. The van der Waals surface area contributed by atoms with Gasteiger partial charge >= 0.3 is 5.97 Å². The minimum atomic E-state index is -3.70. The average molecular weight is 318 g/mol. The Morgan fingerprint density at radius 2 is 2.16 bits per heavy atom. The van der Waals surface area contributed by atoms with Crippen molar-refractivity contribution in [1.29, 1.82) is 0 Å². The van der Waals surface area contributed by atoms with Crippen LogP contribution in [0.3, 0.4) is 0 Å². The van der Waals surface area contributed by atoms with Crippen LogP contribution in [0.25, 0.3) is 0 Å². The number of hydrogen-bond acceptors (Lipinski definition) is 6. The summed E-state index contributed by atoms with van der Waals surface area (Å²) in [5.74, 6) is -1.14. The van der Waals surface area contributed by atoms with E-state index in [-0.39, 0.29) is 16.3 Å². The van der Waals surface area contributed by atoms with Gasteiger partial charge in [0.2, 0.25) is 10.0 Å². The molecule has 0 saturated heterocycles. The zero-order valence-corrected chi connectivity index (χ0v) is 12.2. The fraction of sp³-hybridized carbons (Fsp3) is 0.200. The molecule has 0 amide bonds. The summed E-state index contributed by atoms with van der Waals surface area (Å²) in [5.41, 5.74) is 0.836. The second-order valence-electron chi connectivity index (χ2n) is 3.66. The first-order chi connectivity index (χ1) is 8.88. The molecule has 0 aliphatic rings. The van der Waals surface area contributed by atoms with Gasteiger partial charge in [0.05, 0.1) is 11.4 Å². The molecule has 19 heavy (non-hydrogen) atoms. The molecule has 9 heteroatoms. The zero-order chi connectivity index (χ0) is 14.0. The highest BCUT2D eigenvalue weighted by molar-refractivity contribution is 7.89. The molecule has 0 aliphatic heterocycles. The predicted octanol–water partition coefficient (Wildman–Crippen LogP) is 1.69. The molecule has 6 nitrogen and oxygen atoms in total. The Kier molecular flexibility index (Phi) is 3.99. The Morgan fingerprint density at radius 3 is 2.68 bits per heavy atom. The lowest BCUT2D eigenvalue weighted by Gasteiger charge is -2.02. The first kappa shape index (κ1) is 14.1. The Hall–Kier alpha value is -1.29. The Morgan fingerprint density at radius 1 is 1.42 bits per heavy atom.